The van der Waals surface area contributed by atoms with Crippen LogP contribution in [0.3, 0.4) is 0 Å². The first-order valence-corrected chi connectivity index (χ1v) is 9.60. The SMILES string of the molecule is CC.CC.CCCc1c(CCC(C)C)ncnc1-c1ccccc1. The molecule has 1 aromatic heterocycles. The maximum absolute atomic E-state index is 4.54. The molecular formula is C22H36N2. The highest BCUT2D eigenvalue weighted by atomic mass is 14.8. The predicted molar refractivity (Wildman–Crippen MR) is 107 cm³/mol. The highest BCUT2D eigenvalue weighted by Crippen LogP contribution is 2.25. The van der Waals surface area contributed by atoms with Crippen LogP contribution in [0.5, 0.6) is 0 Å². The van der Waals surface area contributed by atoms with Gasteiger partial charge in [-0.1, -0.05) is 85.2 Å². The van der Waals surface area contributed by atoms with E-state index in [2.05, 4.69) is 55.0 Å². The van der Waals surface area contributed by atoms with E-state index in [-0.39, 0.29) is 0 Å². The van der Waals surface area contributed by atoms with Gasteiger partial charge in [-0.3, -0.25) is 0 Å². The molecule has 0 unspecified atom stereocenters. The molecule has 0 aliphatic heterocycles. The molecule has 2 rings (SSSR count). The molecule has 0 saturated carbocycles. The fourth-order valence-electron chi connectivity index (χ4n) is 2.45. The van der Waals surface area contributed by atoms with E-state index < -0.39 is 0 Å². The van der Waals surface area contributed by atoms with Gasteiger partial charge in [0.15, 0.2) is 0 Å². The smallest absolute Gasteiger partial charge is 0.116 e. The molecule has 0 atom stereocenters. The van der Waals surface area contributed by atoms with Crippen molar-refractivity contribution in [1.29, 1.82) is 0 Å². The summed E-state index contributed by atoms with van der Waals surface area (Å²) in [5, 5.41) is 0. The number of hydrogen-bond acceptors (Lipinski definition) is 2. The van der Waals surface area contributed by atoms with E-state index in [0.717, 1.165) is 25.0 Å². The molecule has 1 heterocycles. The summed E-state index contributed by atoms with van der Waals surface area (Å²) in [5.41, 5.74) is 4.88. The molecule has 0 bridgehead atoms. The average molecular weight is 329 g/mol. The molecule has 2 nitrogen and oxygen atoms in total. The molecule has 134 valence electrons. The molecule has 0 aliphatic rings. The summed E-state index contributed by atoms with van der Waals surface area (Å²) >= 11 is 0. The van der Waals surface area contributed by atoms with Crippen molar-refractivity contribution in [3.63, 3.8) is 0 Å². The molecule has 0 spiro atoms. The third-order valence-corrected chi connectivity index (χ3v) is 3.54. The van der Waals surface area contributed by atoms with Gasteiger partial charge in [0.1, 0.15) is 6.33 Å². The molecule has 0 N–H and O–H groups in total. The molecule has 1 aromatic carbocycles. The first kappa shape index (κ1) is 22.3. The van der Waals surface area contributed by atoms with Gasteiger partial charge in [-0.2, -0.15) is 0 Å². The van der Waals surface area contributed by atoms with Crippen LogP contribution in [0, 0.1) is 5.92 Å². The van der Waals surface area contributed by atoms with E-state index in [1.165, 1.54) is 23.2 Å². The van der Waals surface area contributed by atoms with Crippen LogP contribution in [-0.4, -0.2) is 9.97 Å². The number of hydrogen-bond donors (Lipinski definition) is 0. The third kappa shape index (κ3) is 7.25. The van der Waals surface area contributed by atoms with Gasteiger partial charge in [-0.25, -0.2) is 9.97 Å². The van der Waals surface area contributed by atoms with E-state index >= 15 is 0 Å². The maximum Gasteiger partial charge on any atom is 0.116 e. The minimum absolute atomic E-state index is 0.708. The van der Waals surface area contributed by atoms with E-state index in [0.29, 0.717) is 5.92 Å². The zero-order chi connectivity index (χ0) is 18.4. The Bertz CT molecular complexity index is 533. The Kier molecular flexibility index (Phi) is 12.7. The van der Waals surface area contributed by atoms with Crippen LogP contribution in [0.25, 0.3) is 11.3 Å². The first-order chi connectivity index (χ1) is 11.7. The maximum atomic E-state index is 4.54. The summed E-state index contributed by atoms with van der Waals surface area (Å²) < 4.78 is 0. The third-order valence-electron chi connectivity index (χ3n) is 3.54. The summed E-state index contributed by atoms with van der Waals surface area (Å²) in [6.07, 6.45) is 6.13. The van der Waals surface area contributed by atoms with E-state index in [1.807, 2.05) is 33.8 Å². The van der Waals surface area contributed by atoms with Crippen LogP contribution in [-0.2, 0) is 12.8 Å². The van der Waals surface area contributed by atoms with Crippen LogP contribution >= 0.6 is 0 Å². The molecule has 0 saturated heterocycles. The average Bonchev–Trinajstić information content (AvgIpc) is 2.65. The fourth-order valence-corrected chi connectivity index (χ4v) is 2.45. The second-order valence-corrected chi connectivity index (χ2v) is 5.70. The summed E-state index contributed by atoms with van der Waals surface area (Å²) in [4.78, 5) is 9.09. The topological polar surface area (TPSA) is 25.8 Å². The monoisotopic (exact) mass is 328 g/mol. The second kappa shape index (κ2) is 13.7. The number of nitrogens with zero attached hydrogens (tertiary/aromatic N) is 2. The Morgan fingerprint density at radius 1 is 0.875 bits per heavy atom. The normalized spacial score (nSPS) is 9.67. The number of benzene rings is 1. The van der Waals surface area contributed by atoms with Crippen molar-refractivity contribution in [2.24, 2.45) is 5.92 Å². The molecule has 0 amide bonds. The van der Waals surface area contributed by atoms with Crippen molar-refractivity contribution in [3.8, 4) is 11.3 Å². The van der Waals surface area contributed by atoms with E-state index in [4.69, 9.17) is 0 Å². The summed E-state index contributed by atoms with van der Waals surface area (Å²) in [5.74, 6) is 0.708. The Balaban J connectivity index is 0.00000123. The van der Waals surface area contributed by atoms with Gasteiger partial charge < -0.3 is 0 Å². The van der Waals surface area contributed by atoms with Crippen molar-refractivity contribution in [1.82, 2.24) is 9.97 Å². The van der Waals surface area contributed by atoms with E-state index in [9.17, 15) is 0 Å². The summed E-state index contributed by atoms with van der Waals surface area (Å²) in [6, 6.07) is 10.5. The molecule has 0 aliphatic carbocycles. The zero-order valence-electron chi connectivity index (χ0n) is 16.8. The Hall–Kier alpha value is -1.70. The van der Waals surface area contributed by atoms with Gasteiger partial charge in [-0.15, -0.1) is 0 Å². The van der Waals surface area contributed by atoms with Gasteiger partial charge in [0.25, 0.3) is 0 Å². The quantitative estimate of drug-likeness (QED) is 0.587. The largest absolute Gasteiger partial charge is 0.241 e. The lowest BCUT2D eigenvalue weighted by Gasteiger charge is -2.13. The number of aryl methyl sites for hydroxylation is 1. The number of rotatable bonds is 6. The zero-order valence-corrected chi connectivity index (χ0v) is 16.8. The molecule has 24 heavy (non-hydrogen) atoms. The van der Waals surface area contributed by atoms with Crippen LogP contribution in [0.15, 0.2) is 36.7 Å². The highest BCUT2D eigenvalue weighted by Gasteiger charge is 2.12. The summed E-state index contributed by atoms with van der Waals surface area (Å²) in [7, 11) is 0. The number of aromatic nitrogens is 2. The van der Waals surface area contributed by atoms with Gasteiger partial charge in [0, 0.05) is 11.3 Å². The van der Waals surface area contributed by atoms with Crippen molar-refractivity contribution in [3.05, 3.63) is 47.9 Å². The first-order valence-electron chi connectivity index (χ1n) is 9.60. The van der Waals surface area contributed by atoms with Gasteiger partial charge in [-0.05, 0) is 30.7 Å². The Morgan fingerprint density at radius 3 is 2.04 bits per heavy atom. The molecular weight excluding hydrogens is 292 g/mol. The Morgan fingerprint density at radius 2 is 1.50 bits per heavy atom. The van der Waals surface area contributed by atoms with Gasteiger partial charge in [0.05, 0.1) is 5.69 Å². The standard InChI is InChI=1S/C18H24N2.2C2H6/c1-4-8-16-17(12-11-14(2)3)19-13-20-18(16)15-9-6-5-7-10-15;2*1-2/h5-7,9-10,13-14H,4,8,11-12H2,1-3H3;2*1-2H3. The van der Waals surface area contributed by atoms with Gasteiger partial charge >= 0.3 is 0 Å². The van der Waals surface area contributed by atoms with Crippen molar-refractivity contribution in [2.45, 2.75) is 74.1 Å². The van der Waals surface area contributed by atoms with Crippen LogP contribution < -0.4 is 0 Å². The lowest BCUT2D eigenvalue weighted by atomic mass is 9.96. The lowest BCUT2D eigenvalue weighted by Crippen LogP contribution is -2.04. The van der Waals surface area contributed by atoms with Crippen molar-refractivity contribution in [2.75, 3.05) is 0 Å². The van der Waals surface area contributed by atoms with Crippen molar-refractivity contribution < 1.29 is 0 Å². The second-order valence-electron chi connectivity index (χ2n) is 5.70. The minimum Gasteiger partial charge on any atom is -0.241 e. The molecule has 2 heteroatoms. The predicted octanol–water partition coefficient (Wildman–Crippen LogP) is 6.74. The highest BCUT2D eigenvalue weighted by molar-refractivity contribution is 5.63. The van der Waals surface area contributed by atoms with E-state index in [1.54, 1.807) is 6.33 Å². The molecule has 0 radical (unpaired) electrons. The van der Waals surface area contributed by atoms with Crippen LogP contribution in [0.4, 0.5) is 0 Å². The van der Waals surface area contributed by atoms with Gasteiger partial charge in [0.2, 0.25) is 0 Å². The molecule has 0 fully saturated rings. The summed E-state index contributed by atoms with van der Waals surface area (Å²) in [6.45, 7) is 14.7. The van der Waals surface area contributed by atoms with Crippen molar-refractivity contribution >= 4 is 0 Å². The van der Waals surface area contributed by atoms with Crippen LogP contribution in [0.2, 0.25) is 0 Å². The lowest BCUT2D eigenvalue weighted by molar-refractivity contribution is 0.578. The molecule has 2 aromatic rings. The van der Waals surface area contributed by atoms with Crippen LogP contribution in [0.1, 0.15) is 72.6 Å². The fraction of sp³-hybridized carbons (Fsp3) is 0.545. The minimum atomic E-state index is 0.708. The Labute approximate surface area is 149 Å².